The quantitative estimate of drug-likeness (QED) is 0.177. The minimum atomic E-state index is -0.660. The first kappa shape index (κ1) is 28.8. The number of fused-ring (bicyclic) bond motifs is 2. The smallest absolute Gasteiger partial charge is 0.407 e. The predicted octanol–water partition coefficient (Wildman–Crippen LogP) is 6.48. The van der Waals surface area contributed by atoms with E-state index in [-0.39, 0.29) is 23.9 Å². The molecule has 2 aliphatic heterocycles. The molecular formula is C32H35N7O3S2. The number of benzene rings is 1. The molecule has 7 rings (SSSR count). The van der Waals surface area contributed by atoms with E-state index < -0.39 is 12.1 Å². The third-order valence-corrected chi connectivity index (χ3v) is 10.8. The number of imidazole rings is 2. The van der Waals surface area contributed by atoms with Gasteiger partial charge in [0, 0.05) is 35.0 Å². The van der Waals surface area contributed by atoms with Crippen molar-refractivity contribution in [3.05, 3.63) is 59.0 Å². The van der Waals surface area contributed by atoms with Gasteiger partial charge in [0.2, 0.25) is 5.91 Å². The molecule has 0 spiro atoms. The third-order valence-electron chi connectivity index (χ3n) is 8.69. The number of aromatic nitrogens is 4. The number of methoxy groups -OCH3 is 1. The lowest BCUT2D eigenvalue weighted by molar-refractivity contribution is -0.135. The van der Waals surface area contributed by atoms with E-state index in [1.54, 1.807) is 22.7 Å². The lowest BCUT2D eigenvalue weighted by Crippen LogP contribution is -2.51. The van der Waals surface area contributed by atoms with Crippen LogP contribution in [-0.2, 0) is 9.53 Å². The minimum Gasteiger partial charge on any atom is -0.453 e. The Morgan fingerprint density at radius 3 is 2.66 bits per heavy atom. The molecule has 4 aromatic heterocycles. The molecule has 0 aliphatic carbocycles. The second-order valence-corrected chi connectivity index (χ2v) is 13.6. The van der Waals surface area contributed by atoms with Crippen LogP contribution in [0.25, 0.3) is 42.8 Å². The highest BCUT2D eigenvalue weighted by Crippen LogP contribution is 2.44. The average Bonchev–Trinajstić information content (AvgIpc) is 3.83. The summed E-state index contributed by atoms with van der Waals surface area (Å²) >= 11 is 3.47. The second-order valence-electron chi connectivity index (χ2n) is 11.9. The zero-order chi connectivity index (χ0) is 30.5. The fourth-order valence-corrected chi connectivity index (χ4v) is 8.74. The number of ether oxygens (including phenoxy) is 1. The molecule has 44 heavy (non-hydrogen) atoms. The molecule has 2 aliphatic rings. The molecule has 3 N–H and O–H groups in total. The molecule has 6 heterocycles. The van der Waals surface area contributed by atoms with Gasteiger partial charge in [-0.2, -0.15) is 0 Å². The molecular weight excluding hydrogens is 595 g/mol. The van der Waals surface area contributed by atoms with Crippen LogP contribution in [0.1, 0.15) is 50.4 Å². The Bertz CT molecular complexity index is 1880. The van der Waals surface area contributed by atoms with Crippen molar-refractivity contribution in [3.63, 3.8) is 0 Å². The van der Waals surface area contributed by atoms with Gasteiger partial charge in [0.15, 0.2) is 0 Å². The SMILES string of the molecule is COC(=O)NC(C(=O)N1CCCC1c1ncc(-c2csc3c(-c4ccc5nc(C6C=CCN6C)[nH]c5c4)csc23)[nH]1)C(C)C. The van der Waals surface area contributed by atoms with E-state index >= 15 is 0 Å². The highest BCUT2D eigenvalue weighted by molar-refractivity contribution is 7.27. The van der Waals surface area contributed by atoms with E-state index in [9.17, 15) is 9.59 Å². The number of H-pyrrole nitrogens is 2. The minimum absolute atomic E-state index is 0.0793. The first-order chi connectivity index (χ1) is 21.3. The summed E-state index contributed by atoms with van der Waals surface area (Å²) in [6.07, 6.45) is 7.34. The predicted molar refractivity (Wildman–Crippen MR) is 175 cm³/mol. The number of likely N-dealkylation sites (tertiary alicyclic amines) is 1. The fraction of sp³-hybridized carbons (Fsp3) is 0.375. The number of alkyl carbamates (subject to hydrolysis) is 1. The Morgan fingerprint density at radius 1 is 1.11 bits per heavy atom. The summed E-state index contributed by atoms with van der Waals surface area (Å²) in [5.74, 6) is 1.55. The fourth-order valence-electron chi connectivity index (χ4n) is 6.30. The van der Waals surface area contributed by atoms with Crippen molar-refractivity contribution in [3.8, 4) is 22.4 Å². The molecule has 0 saturated carbocycles. The molecule has 5 aromatic rings. The Kier molecular flexibility index (Phi) is 7.51. The van der Waals surface area contributed by atoms with Crippen molar-refractivity contribution in [1.82, 2.24) is 35.1 Å². The van der Waals surface area contributed by atoms with Crippen LogP contribution in [0.5, 0.6) is 0 Å². The van der Waals surface area contributed by atoms with Crippen LogP contribution in [-0.4, -0.2) is 75.0 Å². The number of aromatic amines is 2. The zero-order valence-electron chi connectivity index (χ0n) is 25.1. The average molecular weight is 630 g/mol. The summed E-state index contributed by atoms with van der Waals surface area (Å²) in [6, 6.07) is 5.80. The molecule has 2 amide bonds. The number of hydrogen-bond donors (Lipinski definition) is 3. The van der Waals surface area contributed by atoms with Crippen LogP contribution in [0.3, 0.4) is 0 Å². The molecule has 0 bridgehead atoms. The van der Waals surface area contributed by atoms with Crippen molar-refractivity contribution < 1.29 is 14.3 Å². The highest BCUT2D eigenvalue weighted by atomic mass is 32.1. The van der Waals surface area contributed by atoms with Crippen LogP contribution in [0, 0.1) is 5.92 Å². The first-order valence-corrected chi connectivity index (χ1v) is 16.6. The molecule has 228 valence electrons. The number of amides is 2. The van der Waals surface area contributed by atoms with Gasteiger partial charge in [-0.25, -0.2) is 14.8 Å². The molecule has 1 saturated heterocycles. The summed E-state index contributed by atoms with van der Waals surface area (Å²) in [7, 11) is 3.42. The van der Waals surface area contributed by atoms with Crippen molar-refractivity contribution in [2.75, 3.05) is 27.2 Å². The van der Waals surface area contributed by atoms with Gasteiger partial charge in [0.25, 0.3) is 0 Å². The van der Waals surface area contributed by atoms with E-state index in [4.69, 9.17) is 14.7 Å². The number of nitrogens with one attached hydrogen (secondary N) is 3. The van der Waals surface area contributed by atoms with Crippen LogP contribution in [0.15, 0.2) is 47.3 Å². The number of thiophene rings is 2. The Labute approximate surface area is 263 Å². The number of rotatable bonds is 7. The molecule has 1 fully saturated rings. The molecule has 0 radical (unpaired) electrons. The largest absolute Gasteiger partial charge is 0.453 e. The maximum atomic E-state index is 13.5. The number of carbonyl (C=O) groups is 2. The summed E-state index contributed by atoms with van der Waals surface area (Å²) in [5.41, 5.74) is 6.44. The molecule has 3 unspecified atom stereocenters. The lowest BCUT2D eigenvalue weighted by atomic mass is 10.0. The lowest BCUT2D eigenvalue weighted by Gasteiger charge is -2.30. The van der Waals surface area contributed by atoms with Gasteiger partial charge in [0.05, 0.1) is 51.5 Å². The van der Waals surface area contributed by atoms with Gasteiger partial charge in [0.1, 0.15) is 17.7 Å². The number of likely N-dealkylation sites (N-methyl/N-ethyl adjacent to an activating group) is 1. The number of nitrogens with zero attached hydrogens (tertiary/aromatic N) is 4. The molecule has 1 aromatic carbocycles. The Balaban J connectivity index is 1.14. The summed E-state index contributed by atoms with van der Waals surface area (Å²) in [6.45, 7) is 5.40. The van der Waals surface area contributed by atoms with Crippen molar-refractivity contribution in [2.24, 2.45) is 5.92 Å². The van der Waals surface area contributed by atoms with Crippen LogP contribution >= 0.6 is 22.7 Å². The van der Waals surface area contributed by atoms with Crippen molar-refractivity contribution in [1.29, 1.82) is 0 Å². The van der Waals surface area contributed by atoms with Crippen LogP contribution < -0.4 is 5.32 Å². The van der Waals surface area contributed by atoms with Crippen molar-refractivity contribution in [2.45, 2.75) is 44.8 Å². The van der Waals surface area contributed by atoms with Gasteiger partial charge in [-0.1, -0.05) is 32.1 Å². The van der Waals surface area contributed by atoms with Gasteiger partial charge in [-0.3, -0.25) is 9.69 Å². The number of carbonyl (C=O) groups excluding carboxylic acids is 2. The monoisotopic (exact) mass is 629 g/mol. The Morgan fingerprint density at radius 2 is 1.91 bits per heavy atom. The van der Waals surface area contributed by atoms with Crippen LogP contribution in [0.2, 0.25) is 0 Å². The van der Waals surface area contributed by atoms with E-state index in [1.807, 2.05) is 24.9 Å². The highest BCUT2D eigenvalue weighted by Gasteiger charge is 2.37. The molecule has 3 atom stereocenters. The maximum absolute atomic E-state index is 13.5. The van der Waals surface area contributed by atoms with Crippen LogP contribution in [0.4, 0.5) is 4.79 Å². The number of hydrogen-bond acceptors (Lipinski definition) is 8. The van der Waals surface area contributed by atoms with E-state index in [2.05, 4.69) is 68.3 Å². The maximum Gasteiger partial charge on any atom is 0.407 e. The third kappa shape index (κ3) is 5.00. The topological polar surface area (TPSA) is 119 Å². The molecule has 10 nitrogen and oxygen atoms in total. The normalized spacial score (nSPS) is 19.5. The summed E-state index contributed by atoms with van der Waals surface area (Å²) in [5, 5.41) is 7.13. The van der Waals surface area contributed by atoms with Crippen molar-refractivity contribution >= 4 is 55.1 Å². The van der Waals surface area contributed by atoms with Gasteiger partial charge in [-0.05, 0) is 43.5 Å². The zero-order valence-corrected chi connectivity index (χ0v) is 26.7. The van der Waals surface area contributed by atoms with E-state index in [1.165, 1.54) is 22.1 Å². The molecule has 12 heteroatoms. The van der Waals surface area contributed by atoms with Gasteiger partial charge >= 0.3 is 6.09 Å². The summed E-state index contributed by atoms with van der Waals surface area (Å²) < 4.78 is 7.22. The Hall–Kier alpha value is -4.00. The summed E-state index contributed by atoms with van der Waals surface area (Å²) in [4.78, 5) is 46.3. The van der Waals surface area contributed by atoms with Gasteiger partial charge in [-0.15, -0.1) is 22.7 Å². The van der Waals surface area contributed by atoms with E-state index in [0.717, 1.165) is 58.9 Å². The standard InChI is InChI=1S/C32H35N7O3S2/c1-17(2)26(37-32(41)42-4)31(40)39-12-6-8-25(39)29-33-14-23(36-29)20-16-44-27-19(15-43-28(20)27)18-9-10-21-22(13-18)35-30(34-21)24-7-5-11-38(24)3/h5,7,9-10,13-17,24-26H,6,8,11-12H2,1-4H3,(H,33,36)(H,34,35)(H,37,41). The van der Waals surface area contributed by atoms with Gasteiger partial charge < -0.3 is 24.9 Å². The first-order valence-electron chi connectivity index (χ1n) is 14.9. The second kappa shape index (κ2) is 11.5. The van der Waals surface area contributed by atoms with E-state index in [0.29, 0.717) is 6.54 Å².